The van der Waals surface area contributed by atoms with Crippen LogP contribution in [0, 0.1) is 11.2 Å². The molecule has 3 aromatic rings. The lowest BCUT2D eigenvalue weighted by Gasteiger charge is -2.25. The van der Waals surface area contributed by atoms with Crippen LogP contribution in [0.15, 0.2) is 42.6 Å². The molecule has 170 valence electrons. The van der Waals surface area contributed by atoms with Gasteiger partial charge in [0.1, 0.15) is 21.9 Å². The zero-order valence-electron chi connectivity index (χ0n) is 18.3. The van der Waals surface area contributed by atoms with Crippen molar-refractivity contribution in [2.75, 3.05) is 18.2 Å². The predicted octanol–water partition coefficient (Wildman–Crippen LogP) is 3.75. The summed E-state index contributed by atoms with van der Waals surface area (Å²) in [6.45, 7) is 4.39. The first-order chi connectivity index (χ1) is 15.0. The fourth-order valence-electron chi connectivity index (χ4n) is 3.17. The quantitative estimate of drug-likeness (QED) is 0.345. The van der Waals surface area contributed by atoms with Crippen LogP contribution in [0.25, 0.3) is 11.0 Å². The van der Waals surface area contributed by atoms with E-state index in [9.17, 15) is 12.8 Å². The van der Waals surface area contributed by atoms with Gasteiger partial charge in [0, 0.05) is 5.69 Å². The number of para-hydroxylation sites is 1. The second kappa shape index (κ2) is 8.70. The number of hydrogen-bond donors (Lipinski definition) is 3. The van der Waals surface area contributed by atoms with Crippen LogP contribution >= 0.6 is 0 Å². The van der Waals surface area contributed by atoms with Crippen LogP contribution in [0.4, 0.5) is 15.8 Å². The normalized spacial score (nSPS) is 13.0. The Kier molecular flexibility index (Phi) is 6.36. The van der Waals surface area contributed by atoms with Crippen LogP contribution in [0.2, 0.25) is 0 Å². The molecule has 0 aliphatic heterocycles. The molecule has 0 amide bonds. The number of aromatic nitrogens is 2. The third kappa shape index (κ3) is 4.50. The Morgan fingerprint density at radius 3 is 2.69 bits per heavy atom. The number of rotatable bonds is 8. The smallest absolute Gasteiger partial charge is 0.232 e. The minimum atomic E-state index is -3.80. The molecule has 8 nitrogen and oxygen atoms in total. The van der Waals surface area contributed by atoms with Crippen molar-refractivity contribution in [3.05, 3.63) is 54.0 Å². The van der Waals surface area contributed by atoms with Gasteiger partial charge >= 0.3 is 0 Å². The summed E-state index contributed by atoms with van der Waals surface area (Å²) in [5, 5.41) is 10.8. The second-order valence-electron chi connectivity index (χ2n) is 8.05. The van der Waals surface area contributed by atoms with Gasteiger partial charge in [0.15, 0.2) is 9.84 Å². The molecule has 0 saturated heterocycles. The molecule has 0 radical (unpaired) electrons. The van der Waals surface area contributed by atoms with Gasteiger partial charge in [-0.05, 0) is 55.7 Å². The van der Waals surface area contributed by atoms with Gasteiger partial charge in [-0.1, -0.05) is 13.0 Å². The summed E-state index contributed by atoms with van der Waals surface area (Å²) in [5.74, 6) is -1.57. The molecule has 0 saturated carbocycles. The number of anilines is 2. The number of nitrogens with two attached hydrogens (primary N) is 1. The van der Waals surface area contributed by atoms with E-state index in [-0.39, 0.29) is 11.3 Å². The SMILES string of the molecule is COc1cnc2c(Nc3ccc(F)c(C(C)CS(=O)(=O)C(C)(C)C(=N)N)c3)cccc2n1. The van der Waals surface area contributed by atoms with Crippen LogP contribution in [0.3, 0.4) is 0 Å². The number of amidine groups is 1. The number of ether oxygens (including phenoxy) is 1. The average molecular weight is 460 g/mol. The summed E-state index contributed by atoms with van der Waals surface area (Å²) < 4.78 is 43.7. The van der Waals surface area contributed by atoms with Gasteiger partial charge < -0.3 is 15.8 Å². The van der Waals surface area contributed by atoms with Gasteiger partial charge in [-0.2, -0.15) is 0 Å². The van der Waals surface area contributed by atoms with E-state index < -0.39 is 32.2 Å². The van der Waals surface area contributed by atoms with Crippen molar-refractivity contribution in [3.63, 3.8) is 0 Å². The van der Waals surface area contributed by atoms with Crippen LogP contribution in [0.5, 0.6) is 5.88 Å². The number of fused-ring (bicyclic) bond motifs is 1. The Morgan fingerprint density at radius 1 is 1.31 bits per heavy atom. The van der Waals surface area contributed by atoms with Crippen LogP contribution in [-0.2, 0) is 9.84 Å². The number of nitrogens with zero attached hydrogens (tertiary/aromatic N) is 2. The number of halogens is 1. The molecule has 1 aromatic heterocycles. The van der Waals surface area contributed by atoms with Gasteiger partial charge in [-0.15, -0.1) is 0 Å². The maximum Gasteiger partial charge on any atom is 0.232 e. The first-order valence-corrected chi connectivity index (χ1v) is 11.5. The lowest BCUT2D eigenvalue weighted by atomic mass is 10.0. The minimum absolute atomic E-state index is 0.242. The second-order valence-corrected chi connectivity index (χ2v) is 10.6. The van der Waals surface area contributed by atoms with E-state index in [2.05, 4.69) is 15.3 Å². The largest absolute Gasteiger partial charge is 0.480 e. The lowest BCUT2D eigenvalue weighted by Crippen LogP contribution is -2.46. The Bertz CT molecular complexity index is 1280. The summed E-state index contributed by atoms with van der Waals surface area (Å²) in [4.78, 5) is 8.73. The van der Waals surface area contributed by atoms with Crippen molar-refractivity contribution in [1.29, 1.82) is 5.41 Å². The van der Waals surface area contributed by atoms with Gasteiger partial charge in [0.05, 0.1) is 30.3 Å². The zero-order chi connectivity index (χ0) is 23.7. The van der Waals surface area contributed by atoms with E-state index in [1.165, 1.54) is 33.2 Å². The number of hydrogen-bond acceptors (Lipinski definition) is 7. The van der Waals surface area contributed by atoms with Crippen molar-refractivity contribution >= 4 is 38.1 Å². The van der Waals surface area contributed by atoms with E-state index in [0.717, 1.165) is 0 Å². The standard InChI is InChI=1S/C22H26FN5O3S/c1-13(12-32(29,30)22(2,3)21(24)25)15-10-14(8-9-16(15)23)27-17-6-5-7-18-20(17)26-11-19(28-18)31-4/h5-11,13,27H,12H2,1-4H3,(H3,24,25). The first kappa shape index (κ1) is 23.4. The fourth-order valence-corrected chi connectivity index (χ4v) is 4.76. The highest BCUT2D eigenvalue weighted by Crippen LogP contribution is 2.30. The van der Waals surface area contributed by atoms with Crippen LogP contribution < -0.4 is 15.8 Å². The van der Waals surface area contributed by atoms with Gasteiger partial charge in [0.25, 0.3) is 0 Å². The van der Waals surface area contributed by atoms with Gasteiger partial charge in [-0.3, -0.25) is 5.41 Å². The highest BCUT2D eigenvalue weighted by molar-refractivity contribution is 7.93. The molecule has 4 N–H and O–H groups in total. The molecular formula is C22H26FN5O3S. The highest BCUT2D eigenvalue weighted by atomic mass is 32.2. The van der Waals surface area contributed by atoms with Crippen LogP contribution in [0.1, 0.15) is 32.3 Å². The highest BCUT2D eigenvalue weighted by Gasteiger charge is 2.38. The molecule has 1 heterocycles. The molecule has 0 spiro atoms. The average Bonchev–Trinajstić information content (AvgIpc) is 2.74. The monoisotopic (exact) mass is 459 g/mol. The molecule has 1 atom stereocenters. The zero-order valence-corrected chi connectivity index (χ0v) is 19.1. The predicted molar refractivity (Wildman–Crippen MR) is 124 cm³/mol. The van der Waals surface area contributed by atoms with Gasteiger partial charge in [-0.25, -0.2) is 22.8 Å². The molecule has 1 unspecified atom stereocenters. The molecule has 0 aliphatic rings. The number of methoxy groups -OCH3 is 1. The summed E-state index contributed by atoms with van der Waals surface area (Å²) in [6.07, 6.45) is 1.51. The van der Waals surface area contributed by atoms with E-state index in [1.807, 2.05) is 12.1 Å². The Hall–Kier alpha value is -3.27. The fraction of sp³-hybridized carbons (Fsp3) is 0.318. The van der Waals surface area contributed by atoms with Gasteiger partial charge in [0.2, 0.25) is 5.88 Å². The van der Waals surface area contributed by atoms with Crippen molar-refractivity contribution in [1.82, 2.24) is 9.97 Å². The molecule has 2 aromatic carbocycles. The third-order valence-corrected chi connectivity index (χ3v) is 8.17. The van der Waals surface area contributed by atoms with Crippen LogP contribution in [-0.4, -0.2) is 41.8 Å². The Labute approximate surface area is 186 Å². The minimum Gasteiger partial charge on any atom is -0.480 e. The topological polar surface area (TPSA) is 131 Å². The molecule has 3 rings (SSSR count). The number of nitrogens with one attached hydrogen (secondary N) is 2. The molecular weight excluding hydrogens is 433 g/mol. The summed E-state index contributed by atoms with van der Waals surface area (Å²) in [6, 6.07) is 9.85. The van der Waals surface area contributed by atoms with Crippen molar-refractivity contribution < 1.29 is 17.5 Å². The molecule has 0 aliphatic carbocycles. The maximum absolute atomic E-state index is 14.6. The lowest BCUT2D eigenvalue weighted by molar-refractivity contribution is 0.397. The Morgan fingerprint density at radius 2 is 2.03 bits per heavy atom. The number of sulfone groups is 1. The third-order valence-electron chi connectivity index (χ3n) is 5.46. The Balaban J connectivity index is 1.91. The van der Waals surface area contributed by atoms with Crippen molar-refractivity contribution in [2.45, 2.75) is 31.4 Å². The van der Waals surface area contributed by atoms with Crippen molar-refractivity contribution in [2.24, 2.45) is 5.73 Å². The summed E-state index contributed by atoms with van der Waals surface area (Å²) >= 11 is 0. The van der Waals surface area contributed by atoms with E-state index in [4.69, 9.17) is 15.9 Å². The van der Waals surface area contributed by atoms with E-state index >= 15 is 0 Å². The molecule has 10 heteroatoms. The van der Waals surface area contributed by atoms with Crippen molar-refractivity contribution in [3.8, 4) is 5.88 Å². The first-order valence-electron chi connectivity index (χ1n) is 9.89. The summed E-state index contributed by atoms with van der Waals surface area (Å²) in [5.41, 5.74) is 8.19. The van der Waals surface area contributed by atoms with E-state index in [0.29, 0.717) is 28.3 Å². The molecule has 0 fully saturated rings. The molecule has 0 bridgehead atoms. The number of benzene rings is 2. The summed E-state index contributed by atoms with van der Waals surface area (Å²) in [7, 11) is -2.29. The van der Waals surface area contributed by atoms with E-state index in [1.54, 1.807) is 25.1 Å². The molecule has 32 heavy (non-hydrogen) atoms. The maximum atomic E-state index is 14.6.